The average Bonchev–Trinajstić information content (AvgIpc) is 3.03. The molecule has 0 saturated carbocycles. The Morgan fingerprint density at radius 2 is 1.75 bits per heavy atom. The molecule has 3 amide bonds. The molecule has 1 saturated heterocycles. The first-order valence-electron chi connectivity index (χ1n) is 16.1. The fourth-order valence-electron chi connectivity index (χ4n) is 5.19. The summed E-state index contributed by atoms with van der Waals surface area (Å²) in [5, 5.41) is 35.8. The maximum atomic E-state index is 12.7. The third-order valence-electron chi connectivity index (χ3n) is 8.32. The summed E-state index contributed by atoms with van der Waals surface area (Å²) in [5.41, 5.74) is 3.78. The number of aliphatic hydroxyl groups is 3. The van der Waals surface area contributed by atoms with Gasteiger partial charge in [0.25, 0.3) is 0 Å². The summed E-state index contributed by atoms with van der Waals surface area (Å²) >= 11 is 0. The molecule has 12 heteroatoms. The number of aliphatic hydroxyl groups excluding tert-OH is 3. The average molecular weight is 667 g/mol. The van der Waals surface area contributed by atoms with Gasteiger partial charge in [0.05, 0.1) is 39.3 Å². The second kappa shape index (κ2) is 18.1. The lowest BCUT2D eigenvalue weighted by Gasteiger charge is -2.35. The summed E-state index contributed by atoms with van der Waals surface area (Å²) in [6, 6.07) is 13.7. The van der Waals surface area contributed by atoms with Crippen molar-refractivity contribution in [1.29, 1.82) is 0 Å². The van der Waals surface area contributed by atoms with Gasteiger partial charge in [0, 0.05) is 20.1 Å². The largest absolute Gasteiger partial charge is 0.388 e. The van der Waals surface area contributed by atoms with E-state index >= 15 is 0 Å². The Morgan fingerprint density at radius 1 is 1.06 bits per heavy atom. The minimum absolute atomic E-state index is 0.0482. The maximum absolute atomic E-state index is 12.7. The Labute approximate surface area is 283 Å². The molecule has 1 fully saturated rings. The zero-order chi connectivity index (χ0) is 35.4. The number of nitrogens with zero attached hydrogens (tertiary/aromatic N) is 2. The highest BCUT2D eigenvalue weighted by molar-refractivity contribution is 5.90. The number of hydrogen-bond donors (Lipinski definition) is 5. The van der Waals surface area contributed by atoms with E-state index in [0.717, 1.165) is 27.8 Å². The fraction of sp³-hybridized carbons (Fsp3) is 0.528. The molecule has 0 radical (unpaired) electrons. The number of amides is 3. The van der Waals surface area contributed by atoms with Crippen LogP contribution in [0.25, 0.3) is 0 Å². The fourth-order valence-corrected chi connectivity index (χ4v) is 5.19. The smallest absolute Gasteiger partial charge is 0.245 e. The monoisotopic (exact) mass is 666 g/mol. The van der Waals surface area contributed by atoms with Crippen LogP contribution in [0, 0.1) is 19.3 Å². The molecule has 0 aromatic heterocycles. The molecule has 0 spiro atoms. The van der Waals surface area contributed by atoms with E-state index < -0.39 is 30.0 Å². The summed E-state index contributed by atoms with van der Waals surface area (Å²) in [7, 11) is 3.42. The molecular weight excluding hydrogens is 616 g/mol. The van der Waals surface area contributed by atoms with Crippen molar-refractivity contribution in [2.75, 3.05) is 53.5 Å². The van der Waals surface area contributed by atoms with Gasteiger partial charge in [0.15, 0.2) is 0 Å². The van der Waals surface area contributed by atoms with E-state index in [4.69, 9.17) is 15.9 Å². The minimum atomic E-state index is -1.27. The Bertz CT molecular complexity index is 1420. The van der Waals surface area contributed by atoms with Crippen molar-refractivity contribution in [3.63, 3.8) is 0 Å². The van der Waals surface area contributed by atoms with Gasteiger partial charge in [0.2, 0.25) is 17.7 Å². The summed E-state index contributed by atoms with van der Waals surface area (Å²) in [5.74, 6) is 1.68. The van der Waals surface area contributed by atoms with Crippen molar-refractivity contribution >= 4 is 17.7 Å². The predicted molar refractivity (Wildman–Crippen MR) is 181 cm³/mol. The first-order valence-corrected chi connectivity index (χ1v) is 16.1. The van der Waals surface area contributed by atoms with Gasteiger partial charge in [-0.15, -0.1) is 6.42 Å². The van der Waals surface area contributed by atoms with Gasteiger partial charge < -0.3 is 40.3 Å². The third kappa shape index (κ3) is 11.4. The molecule has 12 nitrogen and oxygen atoms in total. The highest BCUT2D eigenvalue weighted by Crippen LogP contribution is 2.31. The Hall–Kier alpha value is -3.83. The molecule has 1 heterocycles. The van der Waals surface area contributed by atoms with E-state index in [-0.39, 0.29) is 50.4 Å². The lowest BCUT2D eigenvalue weighted by molar-refractivity contribution is -0.189. The second-order valence-corrected chi connectivity index (χ2v) is 12.9. The topological polar surface area (TPSA) is 161 Å². The van der Waals surface area contributed by atoms with E-state index in [0.29, 0.717) is 26.1 Å². The minimum Gasteiger partial charge on any atom is -0.388 e. The standard InChI is InChI=1S/C36H50N4O8/c1-7-16-40(6)31(43)21-39(5)17-15-37-35(46)36(3,4)38-30(42)14-18-47-22-26-11-9-25(10-12-26)19-28-20-27(13-8-24(28)2)34-33(45)32(44)29(41)23-48-34/h1,8-13,20,29,32-34,41,44-45H,14-19,21-23H2,2-6H3,(H,37,46)(H,38,42)/t29-,32+,33-,34+/m1/s1. The number of nitrogens with one attached hydrogen (secondary N) is 2. The first-order chi connectivity index (χ1) is 22.7. The van der Waals surface area contributed by atoms with Crippen molar-refractivity contribution in [3.05, 3.63) is 70.3 Å². The molecule has 0 unspecified atom stereocenters. The molecule has 3 rings (SSSR count). The summed E-state index contributed by atoms with van der Waals surface area (Å²) in [6.07, 6.45) is 1.66. The number of likely N-dealkylation sites (N-methyl/N-ethyl adjacent to an activating group) is 2. The Morgan fingerprint density at radius 3 is 2.44 bits per heavy atom. The number of rotatable bonds is 16. The second-order valence-electron chi connectivity index (χ2n) is 12.9. The number of benzene rings is 2. The van der Waals surface area contributed by atoms with E-state index in [1.165, 1.54) is 4.90 Å². The van der Waals surface area contributed by atoms with Gasteiger partial charge in [-0.05, 0) is 62.1 Å². The molecule has 1 aliphatic rings. The normalized spacial score (nSPS) is 19.4. The van der Waals surface area contributed by atoms with Crippen LogP contribution in [0.3, 0.4) is 0 Å². The number of carbonyl (C=O) groups excluding carboxylic acids is 3. The van der Waals surface area contributed by atoms with Gasteiger partial charge in [-0.3, -0.25) is 19.3 Å². The van der Waals surface area contributed by atoms with Crippen molar-refractivity contribution in [2.24, 2.45) is 0 Å². The molecule has 5 N–H and O–H groups in total. The zero-order valence-corrected chi connectivity index (χ0v) is 28.6. The molecular formula is C36H50N4O8. The summed E-state index contributed by atoms with van der Waals surface area (Å²) in [6.45, 7) is 6.91. The van der Waals surface area contributed by atoms with Gasteiger partial charge in [0.1, 0.15) is 30.0 Å². The van der Waals surface area contributed by atoms with E-state index in [9.17, 15) is 29.7 Å². The van der Waals surface area contributed by atoms with Gasteiger partial charge in [-0.25, -0.2) is 0 Å². The highest BCUT2D eigenvalue weighted by Gasteiger charge is 2.38. The van der Waals surface area contributed by atoms with Gasteiger partial charge in [-0.1, -0.05) is 48.4 Å². The molecule has 1 aliphatic heterocycles. The van der Waals surface area contributed by atoms with Crippen LogP contribution < -0.4 is 10.6 Å². The van der Waals surface area contributed by atoms with Crippen LogP contribution in [0.15, 0.2) is 42.5 Å². The van der Waals surface area contributed by atoms with Crippen LogP contribution in [0.5, 0.6) is 0 Å². The molecule has 2 aromatic rings. The molecule has 4 atom stereocenters. The molecule has 2 aromatic carbocycles. The molecule has 0 bridgehead atoms. The Kier molecular flexibility index (Phi) is 14.5. The number of carbonyl (C=O) groups is 3. The van der Waals surface area contributed by atoms with Crippen LogP contribution in [0.1, 0.15) is 54.2 Å². The zero-order valence-electron chi connectivity index (χ0n) is 28.6. The first kappa shape index (κ1) is 38.6. The van der Waals surface area contributed by atoms with E-state index in [1.54, 1.807) is 32.8 Å². The number of ether oxygens (including phenoxy) is 2. The van der Waals surface area contributed by atoms with Crippen LogP contribution in [-0.2, 0) is 36.9 Å². The molecule has 262 valence electrons. The van der Waals surface area contributed by atoms with E-state index in [2.05, 4.69) is 16.6 Å². The maximum Gasteiger partial charge on any atom is 0.245 e. The Balaban J connectivity index is 1.38. The van der Waals surface area contributed by atoms with Crippen molar-refractivity contribution in [1.82, 2.24) is 20.4 Å². The van der Waals surface area contributed by atoms with Crippen LogP contribution in [0.4, 0.5) is 0 Å². The van der Waals surface area contributed by atoms with Crippen LogP contribution in [0.2, 0.25) is 0 Å². The highest BCUT2D eigenvalue weighted by atomic mass is 16.5. The van der Waals surface area contributed by atoms with Gasteiger partial charge in [-0.2, -0.15) is 0 Å². The quantitative estimate of drug-likeness (QED) is 0.128. The SMILES string of the molecule is C#CCN(C)C(=O)CN(C)CCNC(=O)C(C)(C)NC(=O)CCOCc1ccc(Cc2cc([C@@H]3OC[C@@H](O)[C@H](O)[C@H]3O)ccc2C)cc1. The van der Waals surface area contributed by atoms with Crippen molar-refractivity contribution in [2.45, 2.75) is 70.2 Å². The number of terminal acetylenes is 1. The number of aryl methyl sites for hydroxylation is 1. The van der Waals surface area contributed by atoms with Gasteiger partial charge >= 0.3 is 0 Å². The lowest BCUT2D eigenvalue weighted by atomic mass is 9.91. The molecule has 0 aliphatic carbocycles. The molecule has 48 heavy (non-hydrogen) atoms. The number of hydrogen-bond acceptors (Lipinski definition) is 9. The van der Waals surface area contributed by atoms with Crippen LogP contribution >= 0.6 is 0 Å². The summed E-state index contributed by atoms with van der Waals surface area (Å²) < 4.78 is 11.3. The van der Waals surface area contributed by atoms with Crippen LogP contribution in [-0.4, -0.2) is 120 Å². The lowest BCUT2D eigenvalue weighted by Crippen LogP contribution is -2.55. The van der Waals surface area contributed by atoms with Crippen molar-refractivity contribution < 1.29 is 39.2 Å². The van der Waals surface area contributed by atoms with E-state index in [1.807, 2.05) is 49.4 Å². The predicted octanol–water partition coefficient (Wildman–Crippen LogP) is 0.681. The summed E-state index contributed by atoms with van der Waals surface area (Å²) in [4.78, 5) is 40.6. The third-order valence-corrected chi connectivity index (χ3v) is 8.32. The van der Waals surface area contributed by atoms with Crippen molar-refractivity contribution in [3.8, 4) is 12.3 Å².